The molecule has 3 heteroatoms. The van der Waals surface area contributed by atoms with Crippen LogP contribution in [0.15, 0.2) is 48.1 Å². The van der Waals surface area contributed by atoms with Gasteiger partial charge in [-0.15, -0.1) is 0 Å². The Hall–Kier alpha value is -1.61. The molecule has 0 saturated heterocycles. The zero-order chi connectivity index (χ0) is 9.73. The van der Waals surface area contributed by atoms with Gasteiger partial charge in [0, 0.05) is 0 Å². The summed E-state index contributed by atoms with van der Waals surface area (Å²) in [4.78, 5) is 8.36. The SMILES string of the molecule is NC12C=CC=CC1=CC=C2.O=CO. The summed E-state index contributed by atoms with van der Waals surface area (Å²) in [6.07, 6.45) is 14.1. The van der Waals surface area contributed by atoms with E-state index in [9.17, 15) is 0 Å². The van der Waals surface area contributed by atoms with Crippen molar-refractivity contribution >= 4 is 6.47 Å². The Morgan fingerprint density at radius 2 is 1.92 bits per heavy atom. The van der Waals surface area contributed by atoms with Crippen LogP contribution in [0.25, 0.3) is 0 Å². The molecule has 1 unspecified atom stereocenters. The lowest BCUT2D eigenvalue weighted by molar-refractivity contribution is -0.122. The highest BCUT2D eigenvalue weighted by molar-refractivity contribution is 5.52. The van der Waals surface area contributed by atoms with Crippen molar-refractivity contribution in [3.05, 3.63) is 48.1 Å². The Bertz CT molecular complexity index is 313. The van der Waals surface area contributed by atoms with Crippen LogP contribution in [0.3, 0.4) is 0 Å². The van der Waals surface area contributed by atoms with Crippen LogP contribution >= 0.6 is 0 Å². The first kappa shape index (κ1) is 9.48. The Labute approximate surface area is 76.6 Å². The van der Waals surface area contributed by atoms with E-state index >= 15 is 0 Å². The zero-order valence-corrected chi connectivity index (χ0v) is 7.05. The van der Waals surface area contributed by atoms with Crippen LogP contribution in [0.2, 0.25) is 0 Å². The van der Waals surface area contributed by atoms with E-state index in [-0.39, 0.29) is 12.0 Å². The third kappa shape index (κ3) is 1.95. The van der Waals surface area contributed by atoms with E-state index in [1.165, 1.54) is 5.57 Å². The maximum Gasteiger partial charge on any atom is 0.290 e. The maximum absolute atomic E-state index is 8.36. The molecule has 0 heterocycles. The second-order valence-electron chi connectivity index (χ2n) is 2.74. The van der Waals surface area contributed by atoms with Crippen molar-refractivity contribution in [3.8, 4) is 0 Å². The lowest BCUT2D eigenvalue weighted by Crippen LogP contribution is -2.35. The highest BCUT2D eigenvalue weighted by atomic mass is 16.3. The number of hydrogen-bond donors (Lipinski definition) is 2. The van der Waals surface area contributed by atoms with Crippen molar-refractivity contribution in [1.82, 2.24) is 0 Å². The smallest absolute Gasteiger partial charge is 0.290 e. The Balaban J connectivity index is 0.000000251. The fraction of sp³-hybridized carbons (Fsp3) is 0.100. The van der Waals surface area contributed by atoms with E-state index in [0.29, 0.717) is 0 Å². The first-order chi connectivity index (χ1) is 6.23. The van der Waals surface area contributed by atoms with E-state index in [4.69, 9.17) is 15.6 Å². The number of carbonyl (C=O) groups is 1. The molecule has 1 atom stereocenters. The third-order valence-electron chi connectivity index (χ3n) is 1.91. The molecule has 0 radical (unpaired) electrons. The monoisotopic (exact) mass is 177 g/mol. The molecule has 13 heavy (non-hydrogen) atoms. The molecule has 2 aliphatic rings. The van der Waals surface area contributed by atoms with E-state index in [2.05, 4.69) is 0 Å². The van der Waals surface area contributed by atoms with Gasteiger partial charge in [-0.3, -0.25) is 4.79 Å². The maximum atomic E-state index is 8.36. The van der Waals surface area contributed by atoms with Gasteiger partial charge in [0.1, 0.15) is 0 Å². The summed E-state index contributed by atoms with van der Waals surface area (Å²) in [5, 5.41) is 6.89. The summed E-state index contributed by atoms with van der Waals surface area (Å²) in [5.41, 5.74) is 6.85. The average Bonchev–Trinajstić information content (AvgIpc) is 2.47. The summed E-state index contributed by atoms with van der Waals surface area (Å²) < 4.78 is 0. The standard InChI is InChI=1S/C9H9N.CH2O2/c10-9-6-2-1-4-8(9)5-3-7-9;2-1-3/h1-7H,10H2;1H,(H,2,3). The third-order valence-corrected chi connectivity index (χ3v) is 1.91. The fourth-order valence-corrected chi connectivity index (χ4v) is 1.28. The summed E-state index contributed by atoms with van der Waals surface area (Å²) in [6, 6.07) is 0. The van der Waals surface area contributed by atoms with Crippen molar-refractivity contribution in [1.29, 1.82) is 0 Å². The van der Waals surface area contributed by atoms with Crippen molar-refractivity contribution in [3.63, 3.8) is 0 Å². The van der Waals surface area contributed by atoms with Gasteiger partial charge in [0.05, 0.1) is 5.54 Å². The zero-order valence-electron chi connectivity index (χ0n) is 7.05. The Morgan fingerprint density at radius 3 is 2.54 bits per heavy atom. The van der Waals surface area contributed by atoms with Gasteiger partial charge in [-0.05, 0) is 5.57 Å². The Kier molecular flexibility index (Phi) is 2.82. The lowest BCUT2D eigenvalue weighted by Gasteiger charge is -2.21. The van der Waals surface area contributed by atoms with Gasteiger partial charge in [0.25, 0.3) is 6.47 Å². The van der Waals surface area contributed by atoms with Crippen LogP contribution in [-0.4, -0.2) is 17.1 Å². The van der Waals surface area contributed by atoms with E-state index < -0.39 is 0 Å². The summed E-state index contributed by atoms with van der Waals surface area (Å²) in [7, 11) is 0. The topological polar surface area (TPSA) is 63.3 Å². The Morgan fingerprint density at radius 1 is 1.31 bits per heavy atom. The van der Waals surface area contributed by atoms with Crippen molar-refractivity contribution in [2.75, 3.05) is 0 Å². The van der Waals surface area contributed by atoms with Gasteiger partial charge >= 0.3 is 0 Å². The van der Waals surface area contributed by atoms with Crippen LogP contribution < -0.4 is 5.73 Å². The van der Waals surface area contributed by atoms with Gasteiger partial charge in [-0.1, -0.05) is 42.5 Å². The second kappa shape index (κ2) is 3.87. The van der Waals surface area contributed by atoms with Gasteiger partial charge in [-0.25, -0.2) is 0 Å². The number of fused-ring (bicyclic) bond motifs is 1. The predicted molar refractivity (Wildman–Crippen MR) is 51.1 cm³/mol. The van der Waals surface area contributed by atoms with Gasteiger partial charge in [0.15, 0.2) is 0 Å². The number of hydrogen-bond acceptors (Lipinski definition) is 2. The summed E-state index contributed by atoms with van der Waals surface area (Å²) in [5.74, 6) is 0. The molecule has 2 aliphatic carbocycles. The molecule has 0 amide bonds. The van der Waals surface area contributed by atoms with Crippen LogP contribution in [0.5, 0.6) is 0 Å². The molecule has 0 spiro atoms. The van der Waals surface area contributed by atoms with Crippen LogP contribution in [0.1, 0.15) is 0 Å². The minimum Gasteiger partial charge on any atom is -0.483 e. The minimum absolute atomic E-state index is 0.250. The first-order valence-corrected chi connectivity index (χ1v) is 3.85. The normalized spacial score (nSPS) is 27.3. The summed E-state index contributed by atoms with van der Waals surface area (Å²) in [6.45, 7) is -0.250. The molecule has 3 N–H and O–H groups in total. The second-order valence-corrected chi connectivity index (χ2v) is 2.74. The number of nitrogens with two attached hydrogens (primary N) is 1. The number of carboxylic acid groups (broad SMARTS) is 1. The van der Waals surface area contributed by atoms with Crippen molar-refractivity contribution < 1.29 is 9.90 Å². The van der Waals surface area contributed by atoms with Gasteiger partial charge in [0.2, 0.25) is 0 Å². The lowest BCUT2D eigenvalue weighted by atomic mass is 9.90. The van der Waals surface area contributed by atoms with Crippen LogP contribution in [-0.2, 0) is 4.79 Å². The minimum atomic E-state index is -0.297. The summed E-state index contributed by atoms with van der Waals surface area (Å²) >= 11 is 0. The molecule has 2 rings (SSSR count). The van der Waals surface area contributed by atoms with E-state index in [1.807, 2.05) is 42.5 Å². The molecule has 0 bridgehead atoms. The van der Waals surface area contributed by atoms with Gasteiger partial charge < -0.3 is 10.8 Å². The molecule has 68 valence electrons. The molecule has 0 aromatic rings. The molecule has 0 aliphatic heterocycles. The van der Waals surface area contributed by atoms with Gasteiger partial charge in [-0.2, -0.15) is 0 Å². The molecular weight excluding hydrogens is 166 g/mol. The van der Waals surface area contributed by atoms with Crippen molar-refractivity contribution in [2.45, 2.75) is 5.54 Å². The van der Waals surface area contributed by atoms with E-state index in [0.717, 1.165) is 0 Å². The molecule has 0 aromatic heterocycles. The fourth-order valence-electron chi connectivity index (χ4n) is 1.28. The molecule has 0 saturated carbocycles. The van der Waals surface area contributed by atoms with Crippen LogP contribution in [0, 0.1) is 0 Å². The molecule has 3 nitrogen and oxygen atoms in total. The molecule has 0 aromatic carbocycles. The van der Waals surface area contributed by atoms with Crippen LogP contribution in [0.4, 0.5) is 0 Å². The largest absolute Gasteiger partial charge is 0.483 e. The molecule has 0 fully saturated rings. The predicted octanol–water partition coefficient (Wildman–Crippen LogP) is 1.01. The average molecular weight is 177 g/mol. The van der Waals surface area contributed by atoms with Crippen molar-refractivity contribution in [2.24, 2.45) is 5.73 Å². The number of rotatable bonds is 0. The van der Waals surface area contributed by atoms with E-state index in [1.54, 1.807) is 0 Å². The molecular formula is C10H11NO2. The highest BCUT2D eigenvalue weighted by Gasteiger charge is 2.25. The highest BCUT2D eigenvalue weighted by Crippen LogP contribution is 2.26. The number of allylic oxidation sites excluding steroid dienone is 4. The first-order valence-electron chi connectivity index (χ1n) is 3.85. The quantitative estimate of drug-likeness (QED) is 0.543.